The van der Waals surface area contributed by atoms with Crippen molar-refractivity contribution >= 4 is 23.1 Å². The number of nitrogens with zero attached hydrogens (tertiary/aromatic N) is 2. The second-order valence-corrected chi connectivity index (χ2v) is 7.69. The molecule has 1 atom stereocenters. The molecule has 2 aromatic rings. The summed E-state index contributed by atoms with van der Waals surface area (Å²) in [6.45, 7) is 5.78. The highest BCUT2D eigenvalue weighted by Crippen LogP contribution is 2.41. The average Bonchev–Trinajstić information content (AvgIpc) is 2.99. The molecule has 32 heavy (non-hydrogen) atoms. The Morgan fingerprint density at radius 3 is 2.41 bits per heavy atom. The molecule has 2 N–H and O–H groups in total. The number of carbonyl (C=O) groups is 2. The van der Waals surface area contributed by atoms with Gasteiger partial charge in [-0.1, -0.05) is 13.0 Å². The number of amides is 1. The summed E-state index contributed by atoms with van der Waals surface area (Å²) in [4.78, 5) is 37.4. The molecule has 0 aromatic heterocycles. The molecule has 2 aromatic carbocycles. The minimum absolute atomic E-state index is 0.0425. The summed E-state index contributed by atoms with van der Waals surface area (Å²) in [5, 5.41) is 32.1. The largest absolute Gasteiger partial charge is 0.507 e. The number of aliphatic hydroxyl groups excluding tert-OH is 1. The standard InChI is InChI=1S/C23H24N2O7/c1-4-11-24-20(15-7-10-18(26)17(12-15)25(30)31)19(22(28)23(24)29)21(27)14-5-8-16(9-6-14)32-13(2)3/h5-10,12-13,20,26-27H,4,11H2,1-3H3/b21-19-. The zero-order chi connectivity index (χ0) is 23.6. The maximum atomic E-state index is 12.9. The van der Waals surface area contributed by atoms with E-state index < -0.39 is 39.9 Å². The van der Waals surface area contributed by atoms with E-state index >= 15 is 0 Å². The monoisotopic (exact) mass is 440 g/mol. The number of likely N-dealkylation sites (tertiary alicyclic amines) is 1. The molecule has 168 valence electrons. The summed E-state index contributed by atoms with van der Waals surface area (Å²) in [5.74, 6) is -2.02. The number of nitro benzene ring substituents is 1. The third-order valence-electron chi connectivity index (χ3n) is 5.02. The SMILES string of the molecule is CCCN1C(=O)C(=O)/C(=C(\O)c2ccc(OC(C)C)cc2)C1c1ccc(O)c([N+](=O)[O-])c1. The van der Waals surface area contributed by atoms with Crippen LogP contribution in [0.5, 0.6) is 11.5 Å². The third kappa shape index (κ3) is 4.27. The van der Waals surface area contributed by atoms with Crippen LogP contribution < -0.4 is 4.74 Å². The molecular formula is C23H24N2O7. The van der Waals surface area contributed by atoms with Gasteiger partial charge in [-0.2, -0.15) is 0 Å². The number of phenols is 1. The molecule has 1 heterocycles. The Kier molecular flexibility index (Phi) is 6.47. The van der Waals surface area contributed by atoms with Gasteiger partial charge in [-0.05, 0) is 56.2 Å². The minimum atomic E-state index is -1.03. The van der Waals surface area contributed by atoms with Crippen LogP contribution in [0, 0.1) is 10.1 Å². The van der Waals surface area contributed by atoms with Gasteiger partial charge in [0.05, 0.1) is 22.6 Å². The predicted molar refractivity (Wildman–Crippen MR) is 116 cm³/mol. The van der Waals surface area contributed by atoms with Crippen molar-refractivity contribution in [1.29, 1.82) is 0 Å². The van der Waals surface area contributed by atoms with E-state index in [0.717, 1.165) is 12.1 Å². The summed E-state index contributed by atoms with van der Waals surface area (Å²) >= 11 is 0. The molecule has 1 aliphatic heterocycles. The van der Waals surface area contributed by atoms with Crippen LogP contribution in [-0.4, -0.2) is 44.4 Å². The second kappa shape index (κ2) is 9.09. The lowest BCUT2D eigenvalue weighted by atomic mass is 9.94. The summed E-state index contributed by atoms with van der Waals surface area (Å²) in [6, 6.07) is 9.02. The van der Waals surface area contributed by atoms with E-state index in [1.54, 1.807) is 24.3 Å². The number of rotatable bonds is 7. The molecule has 1 aliphatic rings. The minimum Gasteiger partial charge on any atom is -0.507 e. The molecule has 0 spiro atoms. The quantitative estimate of drug-likeness (QED) is 0.219. The molecule has 0 bridgehead atoms. The van der Waals surface area contributed by atoms with Crippen LogP contribution in [-0.2, 0) is 9.59 Å². The number of ether oxygens (including phenoxy) is 1. The number of nitro groups is 1. The summed E-state index contributed by atoms with van der Waals surface area (Å²) < 4.78 is 5.58. The maximum absolute atomic E-state index is 12.9. The first-order chi connectivity index (χ1) is 15.1. The van der Waals surface area contributed by atoms with E-state index in [0.29, 0.717) is 17.7 Å². The van der Waals surface area contributed by atoms with Crippen molar-refractivity contribution in [3.63, 3.8) is 0 Å². The summed E-state index contributed by atoms with van der Waals surface area (Å²) in [5.41, 5.74) is -0.182. The van der Waals surface area contributed by atoms with Crippen molar-refractivity contribution < 1.29 is 29.5 Å². The Morgan fingerprint density at radius 2 is 1.84 bits per heavy atom. The second-order valence-electron chi connectivity index (χ2n) is 7.69. The number of aromatic hydroxyl groups is 1. The van der Waals surface area contributed by atoms with Crippen molar-refractivity contribution in [2.45, 2.75) is 39.3 Å². The molecule has 1 fully saturated rings. The van der Waals surface area contributed by atoms with E-state index in [-0.39, 0.29) is 23.8 Å². The van der Waals surface area contributed by atoms with Crippen molar-refractivity contribution in [2.75, 3.05) is 6.54 Å². The lowest BCUT2D eigenvalue weighted by molar-refractivity contribution is -0.385. The zero-order valence-corrected chi connectivity index (χ0v) is 17.9. The van der Waals surface area contributed by atoms with Gasteiger partial charge in [0.25, 0.3) is 11.7 Å². The Balaban J connectivity index is 2.15. The highest BCUT2D eigenvalue weighted by molar-refractivity contribution is 6.46. The maximum Gasteiger partial charge on any atom is 0.311 e. The normalized spacial score (nSPS) is 17.8. The van der Waals surface area contributed by atoms with Crippen LogP contribution in [0.2, 0.25) is 0 Å². The van der Waals surface area contributed by atoms with E-state index in [2.05, 4.69) is 0 Å². The Hall–Kier alpha value is -3.88. The van der Waals surface area contributed by atoms with Gasteiger partial charge < -0.3 is 19.8 Å². The van der Waals surface area contributed by atoms with Gasteiger partial charge in [0, 0.05) is 18.2 Å². The van der Waals surface area contributed by atoms with Crippen molar-refractivity contribution in [2.24, 2.45) is 0 Å². The van der Waals surface area contributed by atoms with E-state index in [1.807, 2.05) is 20.8 Å². The van der Waals surface area contributed by atoms with Gasteiger partial charge in [0.15, 0.2) is 5.75 Å². The average molecular weight is 440 g/mol. The topological polar surface area (TPSA) is 130 Å². The molecule has 3 rings (SSSR count). The fourth-order valence-corrected chi connectivity index (χ4v) is 3.67. The lowest BCUT2D eigenvalue weighted by Gasteiger charge is -2.24. The highest BCUT2D eigenvalue weighted by Gasteiger charge is 2.46. The number of phenolic OH excluding ortho intramolecular Hbond substituents is 1. The van der Waals surface area contributed by atoms with Crippen LogP contribution in [0.3, 0.4) is 0 Å². The van der Waals surface area contributed by atoms with Gasteiger partial charge in [0.2, 0.25) is 0 Å². The van der Waals surface area contributed by atoms with Gasteiger partial charge in [-0.3, -0.25) is 19.7 Å². The summed E-state index contributed by atoms with van der Waals surface area (Å²) in [7, 11) is 0. The fourth-order valence-electron chi connectivity index (χ4n) is 3.67. The molecule has 1 amide bonds. The number of carbonyl (C=O) groups excluding carboxylic acids is 2. The molecular weight excluding hydrogens is 416 g/mol. The summed E-state index contributed by atoms with van der Waals surface area (Å²) in [6.07, 6.45) is 0.490. The van der Waals surface area contributed by atoms with Gasteiger partial charge in [0.1, 0.15) is 11.5 Å². The molecule has 0 aliphatic carbocycles. The number of hydrogen-bond donors (Lipinski definition) is 2. The first-order valence-electron chi connectivity index (χ1n) is 10.2. The number of Topliss-reactive ketones (excluding diaryl/α,β-unsaturated/α-hetero) is 1. The number of hydrogen-bond acceptors (Lipinski definition) is 7. The predicted octanol–water partition coefficient (Wildman–Crippen LogP) is 3.92. The van der Waals surface area contributed by atoms with Gasteiger partial charge >= 0.3 is 5.69 Å². The van der Waals surface area contributed by atoms with E-state index in [9.17, 15) is 29.9 Å². The van der Waals surface area contributed by atoms with Crippen molar-refractivity contribution in [1.82, 2.24) is 4.90 Å². The van der Waals surface area contributed by atoms with Crippen LogP contribution >= 0.6 is 0 Å². The lowest BCUT2D eigenvalue weighted by Crippen LogP contribution is -2.30. The number of benzene rings is 2. The Morgan fingerprint density at radius 1 is 1.19 bits per heavy atom. The number of ketones is 1. The van der Waals surface area contributed by atoms with Crippen molar-refractivity contribution in [3.05, 3.63) is 69.3 Å². The Bertz CT molecular complexity index is 1090. The van der Waals surface area contributed by atoms with Crippen LogP contribution in [0.1, 0.15) is 44.4 Å². The molecule has 0 radical (unpaired) electrons. The van der Waals surface area contributed by atoms with Crippen LogP contribution in [0.4, 0.5) is 5.69 Å². The fraction of sp³-hybridized carbons (Fsp3) is 0.304. The molecule has 1 saturated heterocycles. The third-order valence-corrected chi connectivity index (χ3v) is 5.02. The van der Waals surface area contributed by atoms with E-state index in [4.69, 9.17) is 4.74 Å². The Labute approximate surface area is 184 Å². The number of aliphatic hydroxyl groups is 1. The van der Waals surface area contributed by atoms with Crippen LogP contribution in [0.15, 0.2) is 48.0 Å². The van der Waals surface area contributed by atoms with Crippen LogP contribution in [0.25, 0.3) is 5.76 Å². The van der Waals surface area contributed by atoms with Gasteiger partial charge in [-0.15, -0.1) is 0 Å². The molecule has 9 nitrogen and oxygen atoms in total. The smallest absolute Gasteiger partial charge is 0.311 e. The first-order valence-corrected chi connectivity index (χ1v) is 10.2. The molecule has 9 heteroatoms. The van der Waals surface area contributed by atoms with Gasteiger partial charge in [-0.25, -0.2) is 0 Å². The molecule has 1 unspecified atom stereocenters. The molecule has 0 saturated carbocycles. The zero-order valence-electron chi connectivity index (χ0n) is 17.9. The highest BCUT2D eigenvalue weighted by atomic mass is 16.6. The van der Waals surface area contributed by atoms with E-state index in [1.165, 1.54) is 11.0 Å². The van der Waals surface area contributed by atoms with Crippen molar-refractivity contribution in [3.8, 4) is 11.5 Å². The first kappa shape index (κ1) is 22.8.